The molecule has 152 valence electrons. The van der Waals surface area contributed by atoms with Crippen molar-refractivity contribution in [2.24, 2.45) is 5.92 Å². The summed E-state index contributed by atoms with van der Waals surface area (Å²) in [6.07, 6.45) is 1.86. The molecule has 0 aliphatic heterocycles. The summed E-state index contributed by atoms with van der Waals surface area (Å²) >= 11 is 0. The van der Waals surface area contributed by atoms with Gasteiger partial charge in [0.05, 0.1) is 30.7 Å². The van der Waals surface area contributed by atoms with E-state index in [1.807, 2.05) is 24.3 Å². The summed E-state index contributed by atoms with van der Waals surface area (Å²) in [5.74, 6) is 0.799. The van der Waals surface area contributed by atoms with Crippen molar-refractivity contribution < 1.29 is 17.9 Å². The molecule has 0 aliphatic carbocycles. The highest BCUT2D eigenvalue weighted by Crippen LogP contribution is 2.26. The van der Waals surface area contributed by atoms with E-state index in [2.05, 4.69) is 19.2 Å². The van der Waals surface area contributed by atoms with Crippen LogP contribution in [-0.2, 0) is 10.0 Å². The molecule has 2 aromatic carbocycles. The monoisotopic (exact) mass is 404 g/mol. The van der Waals surface area contributed by atoms with Gasteiger partial charge in [-0.15, -0.1) is 0 Å². The molecule has 0 radical (unpaired) electrons. The first-order valence-corrected chi connectivity index (χ1v) is 11.0. The van der Waals surface area contributed by atoms with Gasteiger partial charge in [0.25, 0.3) is 5.91 Å². The Labute approximate surface area is 167 Å². The van der Waals surface area contributed by atoms with Crippen molar-refractivity contribution >= 4 is 21.6 Å². The molecular formula is C21H28N2O4S. The highest BCUT2D eigenvalue weighted by Gasteiger charge is 2.22. The number of benzene rings is 2. The van der Waals surface area contributed by atoms with Crippen LogP contribution in [0.2, 0.25) is 0 Å². The minimum Gasteiger partial charge on any atom is -0.497 e. The fourth-order valence-electron chi connectivity index (χ4n) is 2.94. The molecular weight excluding hydrogens is 376 g/mol. The molecule has 2 rings (SSSR count). The van der Waals surface area contributed by atoms with Gasteiger partial charge in [-0.1, -0.05) is 38.1 Å². The smallest absolute Gasteiger partial charge is 0.253 e. The number of hydrogen-bond donors (Lipinski definition) is 1. The van der Waals surface area contributed by atoms with Gasteiger partial charge in [-0.05, 0) is 42.2 Å². The second-order valence-corrected chi connectivity index (χ2v) is 9.19. The molecule has 0 saturated heterocycles. The lowest BCUT2D eigenvalue weighted by Crippen LogP contribution is -2.32. The van der Waals surface area contributed by atoms with Crippen LogP contribution in [0.25, 0.3) is 0 Å². The summed E-state index contributed by atoms with van der Waals surface area (Å²) in [5, 5.41) is 3.06. The molecule has 0 bridgehead atoms. The Bertz CT molecular complexity index is 908. The summed E-state index contributed by atoms with van der Waals surface area (Å²) in [4.78, 5) is 13.0. The minimum absolute atomic E-state index is 0.199. The SMILES string of the molecule is COc1ccc([C@H](CC(C)C)NC(=O)c2ccccc2N(C)S(C)(=O)=O)cc1. The predicted octanol–water partition coefficient (Wildman–Crippen LogP) is 3.61. The number of methoxy groups -OCH3 is 1. The molecule has 0 aliphatic rings. The summed E-state index contributed by atoms with van der Waals surface area (Å²) in [5.41, 5.74) is 1.63. The van der Waals surface area contributed by atoms with Crippen LogP contribution in [0.3, 0.4) is 0 Å². The summed E-state index contributed by atoms with van der Waals surface area (Å²) < 4.78 is 30.2. The van der Waals surface area contributed by atoms with Crippen LogP contribution >= 0.6 is 0 Å². The number of hydrogen-bond acceptors (Lipinski definition) is 4. The van der Waals surface area contributed by atoms with Gasteiger partial charge in [0.1, 0.15) is 5.75 Å². The molecule has 28 heavy (non-hydrogen) atoms. The number of anilines is 1. The Kier molecular flexibility index (Phi) is 7.07. The molecule has 0 saturated carbocycles. The zero-order valence-corrected chi connectivity index (χ0v) is 17.8. The molecule has 7 heteroatoms. The third kappa shape index (κ3) is 5.48. The Morgan fingerprint density at radius 3 is 2.25 bits per heavy atom. The minimum atomic E-state index is -3.48. The number of ether oxygens (including phenoxy) is 1. The van der Waals surface area contributed by atoms with Gasteiger partial charge < -0.3 is 10.1 Å². The van der Waals surface area contributed by atoms with Crippen molar-refractivity contribution in [3.63, 3.8) is 0 Å². The van der Waals surface area contributed by atoms with E-state index in [0.29, 0.717) is 17.2 Å². The van der Waals surface area contributed by atoms with Gasteiger partial charge in [0, 0.05) is 7.05 Å². The van der Waals surface area contributed by atoms with E-state index < -0.39 is 10.0 Å². The molecule has 6 nitrogen and oxygen atoms in total. The largest absolute Gasteiger partial charge is 0.497 e. The van der Waals surface area contributed by atoms with Crippen molar-refractivity contribution in [2.45, 2.75) is 26.3 Å². The first-order chi connectivity index (χ1) is 13.1. The van der Waals surface area contributed by atoms with Crippen LogP contribution in [0.5, 0.6) is 5.75 Å². The van der Waals surface area contributed by atoms with Crippen molar-refractivity contribution in [3.05, 3.63) is 59.7 Å². The molecule has 1 N–H and O–H groups in total. The normalized spacial score (nSPS) is 12.5. The van der Waals surface area contributed by atoms with Gasteiger partial charge in [0.15, 0.2) is 0 Å². The Hall–Kier alpha value is -2.54. The van der Waals surface area contributed by atoms with Gasteiger partial charge in [0.2, 0.25) is 10.0 Å². The number of para-hydroxylation sites is 1. The maximum atomic E-state index is 13.0. The highest BCUT2D eigenvalue weighted by atomic mass is 32.2. The fraction of sp³-hybridized carbons (Fsp3) is 0.381. The Morgan fingerprint density at radius 2 is 1.71 bits per heavy atom. The third-order valence-electron chi connectivity index (χ3n) is 4.52. The van der Waals surface area contributed by atoms with Crippen LogP contribution in [0.15, 0.2) is 48.5 Å². The topological polar surface area (TPSA) is 75.7 Å². The number of sulfonamides is 1. The Balaban J connectivity index is 2.33. The average molecular weight is 405 g/mol. The van der Waals surface area contributed by atoms with Gasteiger partial charge in [-0.25, -0.2) is 8.42 Å². The number of nitrogens with one attached hydrogen (secondary N) is 1. The molecule has 0 heterocycles. The van der Waals surface area contributed by atoms with E-state index in [1.165, 1.54) is 7.05 Å². The summed E-state index contributed by atoms with van der Waals surface area (Å²) in [6.45, 7) is 4.18. The number of amides is 1. The third-order valence-corrected chi connectivity index (χ3v) is 5.71. The second-order valence-electron chi connectivity index (χ2n) is 7.18. The van der Waals surface area contributed by atoms with E-state index >= 15 is 0 Å². The molecule has 1 amide bonds. The van der Waals surface area contributed by atoms with Gasteiger partial charge in [-0.3, -0.25) is 9.10 Å². The number of nitrogens with zero attached hydrogens (tertiary/aromatic N) is 1. The molecule has 1 atom stereocenters. The van der Waals surface area contributed by atoms with E-state index in [-0.39, 0.29) is 11.9 Å². The van der Waals surface area contributed by atoms with Gasteiger partial charge in [-0.2, -0.15) is 0 Å². The lowest BCUT2D eigenvalue weighted by atomic mass is 9.96. The van der Waals surface area contributed by atoms with Crippen LogP contribution in [0.4, 0.5) is 5.69 Å². The van der Waals surface area contributed by atoms with Crippen LogP contribution < -0.4 is 14.4 Å². The lowest BCUT2D eigenvalue weighted by Gasteiger charge is -2.24. The first-order valence-electron chi connectivity index (χ1n) is 9.11. The van der Waals surface area contributed by atoms with E-state index in [4.69, 9.17) is 4.74 Å². The van der Waals surface area contributed by atoms with Crippen molar-refractivity contribution in [1.82, 2.24) is 5.32 Å². The first kappa shape index (κ1) is 21.8. The zero-order chi connectivity index (χ0) is 20.9. The predicted molar refractivity (Wildman–Crippen MR) is 112 cm³/mol. The number of carbonyl (C=O) groups excluding carboxylic acids is 1. The fourth-order valence-corrected chi connectivity index (χ4v) is 3.46. The highest BCUT2D eigenvalue weighted by molar-refractivity contribution is 7.92. The van der Waals surface area contributed by atoms with Crippen LogP contribution in [0, 0.1) is 5.92 Å². The van der Waals surface area contributed by atoms with Gasteiger partial charge >= 0.3 is 0 Å². The summed E-state index contributed by atoms with van der Waals surface area (Å²) in [6, 6.07) is 14.1. The molecule has 0 unspecified atom stereocenters. The van der Waals surface area contributed by atoms with Crippen molar-refractivity contribution in [2.75, 3.05) is 24.7 Å². The second kappa shape index (κ2) is 9.10. The van der Waals surface area contributed by atoms with Crippen LogP contribution in [-0.4, -0.2) is 34.7 Å². The van der Waals surface area contributed by atoms with E-state index in [9.17, 15) is 13.2 Å². The maximum absolute atomic E-state index is 13.0. The van der Waals surface area contributed by atoms with Crippen molar-refractivity contribution in [3.8, 4) is 5.75 Å². The molecule has 0 spiro atoms. The van der Waals surface area contributed by atoms with Crippen molar-refractivity contribution in [1.29, 1.82) is 0 Å². The Morgan fingerprint density at radius 1 is 1.11 bits per heavy atom. The quantitative estimate of drug-likeness (QED) is 0.729. The maximum Gasteiger partial charge on any atom is 0.253 e. The average Bonchev–Trinajstić information content (AvgIpc) is 2.65. The van der Waals surface area contributed by atoms with Crippen LogP contribution in [0.1, 0.15) is 42.2 Å². The number of carbonyl (C=O) groups is 1. The molecule has 0 aromatic heterocycles. The summed E-state index contributed by atoms with van der Waals surface area (Å²) in [7, 11) is -0.430. The molecule has 0 fully saturated rings. The van der Waals surface area contributed by atoms with E-state index in [0.717, 1.165) is 28.3 Å². The molecule has 2 aromatic rings. The number of rotatable bonds is 8. The zero-order valence-electron chi connectivity index (χ0n) is 17.0. The standard InChI is InChI=1S/C21H28N2O4S/c1-15(2)14-19(16-10-12-17(27-4)13-11-16)22-21(24)18-8-6-7-9-20(18)23(3)28(5,25)26/h6-13,15,19H,14H2,1-5H3,(H,22,24)/t19-/m0/s1. The lowest BCUT2D eigenvalue weighted by molar-refractivity contribution is 0.0932. The van der Waals surface area contributed by atoms with E-state index in [1.54, 1.807) is 31.4 Å².